The van der Waals surface area contributed by atoms with Crippen LogP contribution in [0, 0.1) is 0 Å². The standard InChI is InChI=1S/C12H14O4.Ba.2H/c1-7(2)8-5-3-4-6-9(8)10(11(13)14)12(15)16;;;/h3-7,10H,1-2H3,(H,13,14)(H,15,16);;;. The molecule has 0 fully saturated rings. The molecule has 90 valence electrons. The first-order valence-electron chi connectivity index (χ1n) is 4.99. The van der Waals surface area contributed by atoms with Crippen LogP contribution < -0.4 is 0 Å². The number of hydrogen-bond acceptors (Lipinski definition) is 2. The van der Waals surface area contributed by atoms with Gasteiger partial charge < -0.3 is 10.2 Å². The van der Waals surface area contributed by atoms with Gasteiger partial charge in [0, 0.05) is 0 Å². The molecular weight excluding hydrogens is 345 g/mol. The maximum atomic E-state index is 10.9. The van der Waals surface area contributed by atoms with Gasteiger partial charge in [-0.25, -0.2) is 0 Å². The summed E-state index contributed by atoms with van der Waals surface area (Å²) in [4.78, 5) is 21.9. The van der Waals surface area contributed by atoms with Gasteiger partial charge in [0.15, 0.2) is 5.92 Å². The van der Waals surface area contributed by atoms with E-state index in [4.69, 9.17) is 10.2 Å². The van der Waals surface area contributed by atoms with Crippen molar-refractivity contribution >= 4 is 60.8 Å². The first-order valence-corrected chi connectivity index (χ1v) is 4.99. The second-order valence-corrected chi connectivity index (χ2v) is 3.89. The van der Waals surface area contributed by atoms with Crippen molar-refractivity contribution in [3.63, 3.8) is 0 Å². The van der Waals surface area contributed by atoms with E-state index in [-0.39, 0.29) is 54.8 Å². The number of carbonyl (C=O) groups is 2. The van der Waals surface area contributed by atoms with Crippen molar-refractivity contribution in [2.24, 2.45) is 0 Å². The molecule has 1 aromatic carbocycles. The number of carboxylic acids is 2. The molecule has 0 saturated heterocycles. The second-order valence-electron chi connectivity index (χ2n) is 3.89. The molecule has 0 amide bonds. The predicted molar refractivity (Wildman–Crippen MR) is 67.1 cm³/mol. The van der Waals surface area contributed by atoms with Gasteiger partial charge in [0.1, 0.15) is 0 Å². The normalized spacial score (nSPS) is 10.1. The van der Waals surface area contributed by atoms with Crippen LogP contribution in [0.25, 0.3) is 0 Å². The summed E-state index contributed by atoms with van der Waals surface area (Å²) < 4.78 is 0. The van der Waals surface area contributed by atoms with E-state index in [1.54, 1.807) is 24.3 Å². The molecule has 0 aliphatic heterocycles. The zero-order chi connectivity index (χ0) is 12.3. The minimum absolute atomic E-state index is 0. The van der Waals surface area contributed by atoms with Crippen molar-refractivity contribution in [3.05, 3.63) is 35.4 Å². The number of hydrogen-bond donors (Lipinski definition) is 2. The van der Waals surface area contributed by atoms with Crippen molar-refractivity contribution in [1.82, 2.24) is 0 Å². The Balaban J connectivity index is 0.00000256. The SMILES string of the molecule is CC(C)c1ccccc1C(C(=O)O)C(=O)O.[BaH2]. The summed E-state index contributed by atoms with van der Waals surface area (Å²) in [6.45, 7) is 3.80. The molecule has 0 radical (unpaired) electrons. The monoisotopic (exact) mass is 362 g/mol. The Hall–Kier alpha value is -0.269. The van der Waals surface area contributed by atoms with E-state index in [1.807, 2.05) is 13.8 Å². The second kappa shape index (κ2) is 7.23. The summed E-state index contributed by atoms with van der Waals surface area (Å²) in [7, 11) is 0. The van der Waals surface area contributed by atoms with Gasteiger partial charge in [0.05, 0.1) is 0 Å². The van der Waals surface area contributed by atoms with E-state index in [2.05, 4.69) is 0 Å². The van der Waals surface area contributed by atoms with Crippen LogP contribution in [-0.4, -0.2) is 71.0 Å². The summed E-state index contributed by atoms with van der Waals surface area (Å²) >= 11 is 0. The third-order valence-corrected chi connectivity index (χ3v) is 2.42. The summed E-state index contributed by atoms with van der Waals surface area (Å²) in [5, 5.41) is 17.8. The molecule has 1 aromatic rings. The third-order valence-electron chi connectivity index (χ3n) is 2.42. The quantitative estimate of drug-likeness (QED) is 0.623. The van der Waals surface area contributed by atoms with Crippen LogP contribution in [0.15, 0.2) is 24.3 Å². The van der Waals surface area contributed by atoms with E-state index in [0.29, 0.717) is 5.56 Å². The first-order chi connectivity index (χ1) is 7.45. The Labute approximate surface area is 140 Å². The molecule has 2 N–H and O–H groups in total. The fourth-order valence-corrected chi connectivity index (χ4v) is 1.67. The van der Waals surface area contributed by atoms with Gasteiger partial charge in [-0.2, -0.15) is 0 Å². The molecule has 4 nitrogen and oxygen atoms in total. The van der Waals surface area contributed by atoms with Gasteiger partial charge in [0.25, 0.3) is 0 Å². The topological polar surface area (TPSA) is 74.6 Å². The molecule has 0 heterocycles. The average Bonchev–Trinajstić information content (AvgIpc) is 2.17. The molecule has 0 atom stereocenters. The molecule has 0 aliphatic carbocycles. The number of rotatable bonds is 4. The number of carboxylic acid groups (broad SMARTS) is 2. The van der Waals surface area contributed by atoms with E-state index in [0.717, 1.165) is 5.56 Å². The van der Waals surface area contributed by atoms with Gasteiger partial charge in [0.2, 0.25) is 0 Å². The molecule has 0 aromatic heterocycles. The van der Waals surface area contributed by atoms with Crippen LogP contribution in [0.3, 0.4) is 0 Å². The Morgan fingerprint density at radius 3 is 1.76 bits per heavy atom. The molecule has 0 saturated carbocycles. The van der Waals surface area contributed by atoms with Crippen LogP contribution in [0.1, 0.15) is 36.8 Å². The van der Waals surface area contributed by atoms with Gasteiger partial charge in [-0.3, -0.25) is 9.59 Å². The Morgan fingerprint density at radius 1 is 1.00 bits per heavy atom. The maximum absolute atomic E-state index is 10.9. The average molecular weight is 362 g/mol. The van der Waals surface area contributed by atoms with Crippen molar-refractivity contribution in [2.45, 2.75) is 25.7 Å². The molecule has 17 heavy (non-hydrogen) atoms. The zero-order valence-corrected chi connectivity index (χ0v) is 9.18. The predicted octanol–water partition coefficient (Wildman–Crippen LogP) is 1.15. The third kappa shape index (κ3) is 4.15. The van der Waals surface area contributed by atoms with E-state index < -0.39 is 17.9 Å². The molecule has 1 rings (SSSR count). The van der Waals surface area contributed by atoms with E-state index in [9.17, 15) is 9.59 Å². The summed E-state index contributed by atoms with van der Waals surface area (Å²) in [5.41, 5.74) is 1.12. The molecule has 5 heteroatoms. The van der Waals surface area contributed by atoms with Crippen molar-refractivity contribution in [1.29, 1.82) is 0 Å². The molecule has 0 bridgehead atoms. The fraction of sp³-hybridized carbons (Fsp3) is 0.333. The Bertz CT molecular complexity index is 401. The molecular formula is C12H16BaO4. The number of aliphatic carboxylic acids is 2. The van der Waals surface area contributed by atoms with Crippen LogP contribution in [0.4, 0.5) is 0 Å². The van der Waals surface area contributed by atoms with E-state index in [1.165, 1.54) is 0 Å². The van der Waals surface area contributed by atoms with Crippen LogP contribution >= 0.6 is 0 Å². The van der Waals surface area contributed by atoms with Crippen molar-refractivity contribution in [3.8, 4) is 0 Å². The zero-order valence-electron chi connectivity index (χ0n) is 9.18. The Kier molecular flexibility index (Phi) is 7.11. The van der Waals surface area contributed by atoms with Crippen LogP contribution in [0.5, 0.6) is 0 Å². The van der Waals surface area contributed by atoms with Gasteiger partial charge in [-0.15, -0.1) is 0 Å². The summed E-state index contributed by atoms with van der Waals surface area (Å²) in [6, 6.07) is 6.75. The Morgan fingerprint density at radius 2 is 1.41 bits per heavy atom. The van der Waals surface area contributed by atoms with Crippen LogP contribution in [-0.2, 0) is 9.59 Å². The van der Waals surface area contributed by atoms with Gasteiger partial charge in [-0.05, 0) is 17.0 Å². The number of benzene rings is 1. The molecule has 0 aliphatic rings. The molecule has 0 spiro atoms. The minimum atomic E-state index is -1.49. The fourth-order valence-electron chi connectivity index (χ4n) is 1.67. The molecule has 0 unspecified atom stereocenters. The van der Waals surface area contributed by atoms with E-state index >= 15 is 0 Å². The first kappa shape index (κ1) is 16.7. The van der Waals surface area contributed by atoms with Gasteiger partial charge in [-0.1, -0.05) is 38.1 Å². The van der Waals surface area contributed by atoms with Crippen molar-refractivity contribution < 1.29 is 19.8 Å². The van der Waals surface area contributed by atoms with Crippen molar-refractivity contribution in [2.75, 3.05) is 0 Å². The van der Waals surface area contributed by atoms with Crippen LogP contribution in [0.2, 0.25) is 0 Å². The summed E-state index contributed by atoms with van der Waals surface area (Å²) in [6.07, 6.45) is 0. The summed E-state index contributed by atoms with van der Waals surface area (Å²) in [5.74, 6) is -4.06. The van der Waals surface area contributed by atoms with Gasteiger partial charge >= 0.3 is 60.8 Å².